The fraction of sp³-hybridized carbons (Fsp3) is 0.733. The van der Waals surface area contributed by atoms with E-state index in [1.807, 2.05) is 0 Å². The average Bonchev–Trinajstić information content (AvgIpc) is 2.68. The van der Waals surface area contributed by atoms with Gasteiger partial charge in [0.2, 0.25) is 0 Å². The summed E-state index contributed by atoms with van der Waals surface area (Å²) >= 11 is 0. The quantitative estimate of drug-likeness (QED) is 0.607. The van der Waals surface area contributed by atoms with Crippen LogP contribution >= 0.6 is 0 Å². The molecule has 19 heavy (non-hydrogen) atoms. The molecule has 0 aromatic carbocycles. The zero-order valence-electron chi connectivity index (χ0n) is 12.0. The van der Waals surface area contributed by atoms with E-state index in [1.165, 1.54) is 36.9 Å². The SMILES string of the molecule is CCCCOCCNc1ncnc2c1CCCCC2. The Morgan fingerprint density at radius 3 is 2.95 bits per heavy atom. The molecule has 0 amide bonds. The molecule has 0 saturated heterocycles. The third-order valence-electron chi connectivity index (χ3n) is 3.56. The zero-order valence-corrected chi connectivity index (χ0v) is 12.0. The van der Waals surface area contributed by atoms with Crippen molar-refractivity contribution in [2.75, 3.05) is 25.1 Å². The second kappa shape index (κ2) is 8.10. The standard InChI is InChI=1S/C15H25N3O/c1-2-3-10-19-11-9-16-15-13-7-5-4-6-8-14(13)17-12-18-15/h12H,2-11H2,1H3,(H,16,17,18). The number of nitrogens with zero attached hydrogens (tertiary/aromatic N) is 2. The molecule has 0 saturated carbocycles. The molecule has 0 spiro atoms. The Morgan fingerprint density at radius 2 is 2.05 bits per heavy atom. The first-order chi connectivity index (χ1) is 9.42. The van der Waals surface area contributed by atoms with Gasteiger partial charge in [-0.25, -0.2) is 9.97 Å². The molecule has 1 aromatic rings. The summed E-state index contributed by atoms with van der Waals surface area (Å²) in [5.74, 6) is 1.02. The van der Waals surface area contributed by atoms with Crippen LogP contribution in [0, 0.1) is 0 Å². The molecule has 0 bridgehead atoms. The summed E-state index contributed by atoms with van der Waals surface area (Å²) in [6, 6.07) is 0. The Labute approximate surface area is 116 Å². The molecule has 1 N–H and O–H groups in total. The highest BCUT2D eigenvalue weighted by Crippen LogP contribution is 2.23. The zero-order chi connectivity index (χ0) is 13.3. The Hall–Kier alpha value is -1.16. The van der Waals surface area contributed by atoms with Crippen LogP contribution in [-0.4, -0.2) is 29.7 Å². The number of rotatable bonds is 7. The van der Waals surface area contributed by atoms with E-state index in [1.54, 1.807) is 6.33 Å². The Morgan fingerprint density at radius 1 is 1.16 bits per heavy atom. The Kier molecular flexibility index (Phi) is 6.08. The van der Waals surface area contributed by atoms with Crippen LogP contribution in [0.3, 0.4) is 0 Å². The molecule has 1 heterocycles. The van der Waals surface area contributed by atoms with Gasteiger partial charge in [0.05, 0.1) is 6.61 Å². The van der Waals surface area contributed by atoms with E-state index in [9.17, 15) is 0 Å². The number of fused-ring (bicyclic) bond motifs is 1. The van der Waals surface area contributed by atoms with E-state index in [-0.39, 0.29) is 0 Å². The van der Waals surface area contributed by atoms with E-state index >= 15 is 0 Å². The summed E-state index contributed by atoms with van der Waals surface area (Å²) in [5.41, 5.74) is 2.57. The molecule has 4 nitrogen and oxygen atoms in total. The lowest BCUT2D eigenvalue weighted by Crippen LogP contribution is -2.13. The minimum Gasteiger partial charge on any atom is -0.380 e. The van der Waals surface area contributed by atoms with Crippen molar-refractivity contribution in [2.45, 2.75) is 51.9 Å². The molecular weight excluding hydrogens is 238 g/mol. The van der Waals surface area contributed by atoms with Crippen LogP contribution in [-0.2, 0) is 17.6 Å². The second-order valence-corrected chi connectivity index (χ2v) is 5.10. The molecule has 0 fully saturated rings. The van der Waals surface area contributed by atoms with Gasteiger partial charge in [-0.1, -0.05) is 19.8 Å². The number of nitrogens with one attached hydrogen (secondary N) is 1. The molecule has 0 aliphatic heterocycles. The van der Waals surface area contributed by atoms with Crippen molar-refractivity contribution in [1.82, 2.24) is 9.97 Å². The number of unbranched alkanes of at least 4 members (excludes halogenated alkanes) is 1. The minimum absolute atomic E-state index is 0.749. The molecule has 4 heteroatoms. The van der Waals surface area contributed by atoms with Crippen LogP contribution in [0.25, 0.3) is 0 Å². The van der Waals surface area contributed by atoms with Gasteiger partial charge >= 0.3 is 0 Å². The molecule has 2 rings (SSSR count). The van der Waals surface area contributed by atoms with Gasteiger partial charge in [0.15, 0.2) is 0 Å². The third-order valence-corrected chi connectivity index (χ3v) is 3.56. The maximum absolute atomic E-state index is 5.56. The molecule has 0 radical (unpaired) electrons. The smallest absolute Gasteiger partial charge is 0.132 e. The normalized spacial score (nSPS) is 14.8. The average molecular weight is 263 g/mol. The van der Waals surface area contributed by atoms with Crippen LogP contribution in [0.4, 0.5) is 5.82 Å². The van der Waals surface area contributed by atoms with Crippen molar-refractivity contribution < 1.29 is 4.74 Å². The van der Waals surface area contributed by atoms with Crippen LogP contribution < -0.4 is 5.32 Å². The first kappa shape index (κ1) is 14.3. The fourth-order valence-corrected chi connectivity index (χ4v) is 2.44. The highest BCUT2D eigenvalue weighted by atomic mass is 16.5. The van der Waals surface area contributed by atoms with Crippen molar-refractivity contribution in [1.29, 1.82) is 0 Å². The highest BCUT2D eigenvalue weighted by molar-refractivity contribution is 5.46. The van der Waals surface area contributed by atoms with Gasteiger partial charge in [-0.15, -0.1) is 0 Å². The molecular formula is C15H25N3O. The molecule has 1 aromatic heterocycles. The monoisotopic (exact) mass is 263 g/mol. The lowest BCUT2D eigenvalue weighted by atomic mass is 10.1. The van der Waals surface area contributed by atoms with Gasteiger partial charge in [-0.3, -0.25) is 0 Å². The Bertz CT molecular complexity index is 382. The number of anilines is 1. The van der Waals surface area contributed by atoms with Crippen molar-refractivity contribution in [3.63, 3.8) is 0 Å². The maximum Gasteiger partial charge on any atom is 0.132 e. The maximum atomic E-state index is 5.56. The van der Waals surface area contributed by atoms with Crippen molar-refractivity contribution in [3.8, 4) is 0 Å². The van der Waals surface area contributed by atoms with Gasteiger partial charge in [0, 0.05) is 24.4 Å². The predicted octanol–water partition coefficient (Wildman–Crippen LogP) is 2.97. The van der Waals surface area contributed by atoms with E-state index < -0.39 is 0 Å². The number of aromatic nitrogens is 2. The summed E-state index contributed by atoms with van der Waals surface area (Å²) < 4.78 is 5.56. The van der Waals surface area contributed by atoms with Crippen LogP contribution in [0.2, 0.25) is 0 Å². The summed E-state index contributed by atoms with van der Waals surface area (Å²) in [4.78, 5) is 8.82. The van der Waals surface area contributed by atoms with Crippen LogP contribution in [0.1, 0.15) is 50.3 Å². The lowest BCUT2D eigenvalue weighted by molar-refractivity contribution is 0.141. The molecule has 1 aliphatic rings. The highest BCUT2D eigenvalue weighted by Gasteiger charge is 2.13. The summed E-state index contributed by atoms with van der Waals surface area (Å²) in [5, 5.41) is 3.40. The van der Waals surface area contributed by atoms with Crippen molar-refractivity contribution >= 4 is 5.82 Å². The number of hydrogen-bond acceptors (Lipinski definition) is 4. The van der Waals surface area contributed by atoms with Gasteiger partial charge in [0.25, 0.3) is 0 Å². The molecule has 106 valence electrons. The van der Waals surface area contributed by atoms with Crippen LogP contribution in [0.15, 0.2) is 6.33 Å². The molecule has 0 unspecified atom stereocenters. The fourth-order valence-electron chi connectivity index (χ4n) is 2.44. The van der Waals surface area contributed by atoms with Gasteiger partial charge in [-0.2, -0.15) is 0 Å². The largest absolute Gasteiger partial charge is 0.380 e. The van der Waals surface area contributed by atoms with Gasteiger partial charge in [0.1, 0.15) is 12.1 Å². The van der Waals surface area contributed by atoms with Gasteiger partial charge in [-0.05, 0) is 32.1 Å². The predicted molar refractivity (Wildman–Crippen MR) is 77.5 cm³/mol. The number of hydrogen-bond donors (Lipinski definition) is 1. The molecule has 0 atom stereocenters. The van der Waals surface area contributed by atoms with E-state index in [2.05, 4.69) is 22.2 Å². The number of ether oxygens (including phenoxy) is 1. The van der Waals surface area contributed by atoms with Crippen molar-refractivity contribution in [3.05, 3.63) is 17.6 Å². The van der Waals surface area contributed by atoms with E-state index in [0.29, 0.717) is 0 Å². The minimum atomic E-state index is 0.749. The Balaban J connectivity index is 1.83. The summed E-state index contributed by atoms with van der Waals surface area (Å²) in [6.07, 6.45) is 10.0. The third kappa shape index (κ3) is 4.46. The van der Waals surface area contributed by atoms with Crippen molar-refractivity contribution in [2.24, 2.45) is 0 Å². The second-order valence-electron chi connectivity index (χ2n) is 5.10. The lowest BCUT2D eigenvalue weighted by Gasteiger charge is -2.12. The van der Waals surface area contributed by atoms with E-state index in [4.69, 9.17) is 4.74 Å². The van der Waals surface area contributed by atoms with Crippen LogP contribution in [0.5, 0.6) is 0 Å². The van der Waals surface area contributed by atoms with Gasteiger partial charge < -0.3 is 10.1 Å². The first-order valence-corrected chi connectivity index (χ1v) is 7.56. The van der Waals surface area contributed by atoms with E-state index in [0.717, 1.165) is 44.8 Å². The summed E-state index contributed by atoms with van der Waals surface area (Å²) in [6.45, 7) is 4.61. The number of aryl methyl sites for hydroxylation is 1. The molecule has 1 aliphatic carbocycles. The first-order valence-electron chi connectivity index (χ1n) is 7.56. The topological polar surface area (TPSA) is 47.0 Å². The summed E-state index contributed by atoms with van der Waals surface area (Å²) in [7, 11) is 0.